The van der Waals surface area contributed by atoms with Gasteiger partial charge in [0, 0.05) is 46.4 Å². The standard InChI is InChI=1S/C20H18.C16H14.C15H14.C14H14.C10H8.C8H10.C7H9N.3C6H8N2.C6H8O.C6H8S.C5H7N3.C4H6N4.2C2H6/c1-15-3-7-17(8-4-15)19-11-13-20(14-12-19)18-9-5-16(2)6-10-18;1-11-3-7-15-13(9-11)5-6-14-10-12(2)4-8-16(14)15;1-10-3-5-14-12(7-10)9-13-8-11(2)4-6-15(13)14;1-11-3-7-13(8-4-11)14-9-5-12(2)6-10-14;1-2-6-10-8-4-3-7-9(10)5-1;1-7-3-5-8(2)6-4-7;1-6-3-4-7(2)8-5-6;1-5-3-8-6(2)4-7-5;1-5-3-7-6(2)8-4-5;1-5-3-4-6(2)8-7-5;2*1-5-3-4-6(2)7-5;1-4-3-6-5(2)8-7-4;1-3-5-7-4(2)8-6-3;2*1-2/h3-14H,1-2H3;3-10H,1-2H3;3-8H,9H2,1-2H3;3-10H,1-2H3;1-8H;3-6H,1-2H3;3-5H,1-2H3;3*3-4H,1-2H3;2*3-4H,1-2H3;3H,1-2H3;1-2H3;2*1-2H3. The predicted octanol–water partition coefficient (Wildman–Crippen LogP) is 34.9. The third-order valence-corrected chi connectivity index (χ3v) is 23.3. The van der Waals surface area contributed by atoms with Gasteiger partial charge < -0.3 is 4.42 Å². The number of benzene rings is 13. The van der Waals surface area contributed by atoms with Crippen LogP contribution in [-0.4, -0.2) is 70.7 Å². The summed E-state index contributed by atoms with van der Waals surface area (Å²) in [7, 11) is 0. The maximum atomic E-state index is 5.08. The molecule has 0 saturated heterocycles. The predicted molar refractivity (Wildman–Crippen MR) is 632 cm³/mol. The number of fused-ring (bicyclic) bond motifs is 7. The van der Waals surface area contributed by atoms with E-state index in [9.17, 15) is 0 Å². The van der Waals surface area contributed by atoms with Gasteiger partial charge in [0.05, 0.1) is 34.7 Å². The lowest BCUT2D eigenvalue weighted by molar-refractivity contribution is 0.504. The fourth-order valence-corrected chi connectivity index (χ4v) is 14.9. The van der Waals surface area contributed by atoms with E-state index < -0.39 is 0 Å². The van der Waals surface area contributed by atoms with Crippen LogP contribution in [0.3, 0.4) is 0 Å². The molecule has 0 unspecified atom stereocenters. The molecule has 0 spiro atoms. The maximum Gasteiger partial charge on any atom is 0.170 e. The highest BCUT2D eigenvalue weighted by molar-refractivity contribution is 7.11. The Balaban J connectivity index is 0.000000219. The van der Waals surface area contributed by atoms with Crippen LogP contribution in [-0.2, 0) is 6.42 Å². The summed E-state index contributed by atoms with van der Waals surface area (Å²) in [4.78, 5) is 26.8. The number of aryl methyl sites for hydroxylation is 26. The summed E-state index contributed by atoms with van der Waals surface area (Å²) in [6, 6.07) is 116. The molecule has 1 aliphatic rings. The van der Waals surface area contributed by atoms with Crippen molar-refractivity contribution in [2.45, 2.75) is 214 Å². The van der Waals surface area contributed by atoms with Crippen molar-refractivity contribution in [3.05, 3.63) is 521 Å². The fraction of sp³-hybridized carbons (Fsp3) is 0.233. The Morgan fingerprint density at radius 3 is 0.725 bits per heavy atom. The largest absolute Gasteiger partial charge is 0.467 e. The third-order valence-electron chi connectivity index (χ3n) is 22.3. The zero-order chi connectivity index (χ0) is 109. The lowest BCUT2D eigenvalue weighted by atomic mass is 9.99. The topological polar surface area (TPSA) is 194 Å². The molecule has 1 aliphatic carbocycles. The highest BCUT2D eigenvalue weighted by Gasteiger charge is 2.18. The molecule has 22 rings (SSSR count). The van der Waals surface area contributed by atoms with E-state index in [0.29, 0.717) is 11.6 Å². The van der Waals surface area contributed by atoms with Crippen LogP contribution in [0.4, 0.5) is 0 Å². The summed E-state index contributed by atoms with van der Waals surface area (Å²) in [6.45, 7) is 60.1. The molecule has 13 aromatic carbocycles. The minimum atomic E-state index is 0.607. The van der Waals surface area contributed by atoms with Crippen LogP contribution in [0, 0.1) is 180 Å². The van der Waals surface area contributed by atoms with Crippen molar-refractivity contribution in [2.75, 3.05) is 0 Å². The fourth-order valence-electron chi connectivity index (χ4n) is 14.1. The van der Waals surface area contributed by atoms with Gasteiger partial charge in [0.25, 0.3) is 0 Å². The quantitative estimate of drug-likeness (QED) is 0.152. The van der Waals surface area contributed by atoms with Crippen LogP contribution in [0.15, 0.2) is 369 Å². The molecule has 16 heteroatoms. The molecule has 0 radical (unpaired) electrons. The van der Waals surface area contributed by atoms with Crippen LogP contribution in [0.5, 0.6) is 0 Å². The second kappa shape index (κ2) is 64.7. The van der Waals surface area contributed by atoms with Gasteiger partial charge >= 0.3 is 0 Å². The normalized spacial score (nSPS) is 9.92. The second-order valence-electron chi connectivity index (χ2n) is 36.4. The first-order chi connectivity index (χ1) is 71.5. The first-order valence-electron chi connectivity index (χ1n) is 50.8. The van der Waals surface area contributed by atoms with Gasteiger partial charge in [-0.2, -0.15) is 15.3 Å². The van der Waals surface area contributed by atoms with Crippen molar-refractivity contribution in [1.82, 2.24) is 70.7 Å². The molecule has 0 atom stereocenters. The molecule has 0 amide bonds. The number of furan rings is 1. The van der Waals surface area contributed by atoms with Crippen LogP contribution in [0.2, 0.25) is 0 Å². The summed E-state index contributed by atoms with van der Waals surface area (Å²) in [5.41, 5.74) is 34.8. The summed E-state index contributed by atoms with van der Waals surface area (Å²) < 4.78 is 5.08. The zero-order valence-corrected chi connectivity index (χ0v) is 94.2. The van der Waals surface area contributed by atoms with Gasteiger partial charge in [-0.15, -0.1) is 36.8 Å². The highest BCUT2D eigenvalue weighted by atomic mass is 32.1. The van der Waals surface area contributed by atoms with Gasteiger partial charge in [-0.1, -0.05) is 368 Å². The van der Waals surface area contributed by atoms with E-state index in [-0.39, 0.29) is 0 Å². The minimum absolute atomic E-state index is 0.607. The van der Waals surface area contributed by atoms with Crippen molar-refractivity contribution in [2.24, 2.45) is 0 Å². The number of pyridine rings is 1. The van der Waals surface area contributed by atoms with Gasteiger partial charge in [0.15, 0.2) is 11.6 Å². The minimum Gasteiger partial charge on any atom is -0.467 e. The van der Waals surface area contributed by atoms with Crippen molar-refractivity contribution < 1.29 is 4.42 Å². The highest BCUT2D eigenvalue weighted by Crippen LogP contribution is 2.38. The average Bonchev–Trinajstić information content (AvgIpc) is 1.69. The van der Waals surface area contributed by atoms with Gasteiger partial charge in [-0.3, -0.25) is 15.0 Å². The van der Waals surface area contributed by atoms with E-state index in [1.165, 1.54) is 159 Å². The number of hydrogen-bond donors (Lipinski definition) is 0. The molecule has 0 bridgehead atoms. The smallest absolute Gasteiger partial charge is 0.170 e. The third kappa shape index (κ3) is 45.6. The molecule has 0 fully saturated rings. The SMILES string of the molecule is CC.CC.Cc1ccc(-c2ccc(-c3ccc(C)cc3)cc2)cc1.Cc1ccc(-c2ccc(C)cc2)cc1.Cc1ccc(C)cc1.Cc1ccc(C)nc1.Cc1ccc(C)nn1.Cc1ccc(C)o1.Cc1ccc(C)s1.Cc1ccc2c(c1)Cc1cc(C)ccc1-2.Cc1ccc2c(ccc3cc(C)ccc32)c1.Cc1cnc(C)cn1.Cc1cnc(C)nc1.Cc1cnc(C)nn1.Cc1nnc(C)nn1.c1ccc2ccccc2c1. The van der Waals surface area contributed by atoms with Gasteiger partial charge in [0.2, 0.25) is 0 Å². The monoisotopic (exact) mass is 1990 g/mol. The van der Waals surface area contributed by atoms with Crippen LogP contribution in [0.1, 0.15) is 184 Å². The Labute approximate surface area is 892 Å². The Hall–Kier alpha value is -16.0. The van der Waals surface area contributed by atoms with E-state index in [2.05, 4.69) is 451 Å². The van der Waals surface area contributed by atoms with E-state index in [1.807, 2.05) is 171 Å². The first kappa shape index (κ1) is 120. The number of aromatic nitrogens is 14. The molecule has 15 nitrogen and oxygen atoms in total. The summed E-state index contributed by atoms with van der Waals surface area (Å²) in [5.74, 6) is 4.73. The number of hydrogen-bond acceptors (Lipinski definition) is 16. The maximum absolute atomic E-state index is 5.08. The van der Waals surface area contributed by atoms with E-state index in [4.69, 9.17) is 4.42 Å². The van der Waals surface area contributed by atoms with Gasteiger partial charge in [0.1, 0.15) is 23.2 Å². The molecule has 21 aromatic rings. The summed E-state index contributed by atoms with van der Waals surface area (Å²) in [5, 5.41) is 37.7. The Morgan fingerprint density at radius 2 is 0.456 bits per heavy atom. The molecule has 0 N–H and O–H groups in total. The lowest BCUT2D eigenvalue weighted by Gasteiger charge is -2.06. The molecule has 0 aliphatic heterocycles. The van der Waals surface area contributed by atoms with Gasteiger partial charge in [-0.05, 0) is 328 Å². The van der Waals surface area contributed by atoms with Crippen molar-refractivity contribution in [3.8, 4) is 44.5 Å². The summed E-state index contributed by atoms with van der Waals surface area (Å²) >= 11 is 1.84. The molecular formula is C133H152N14OS. The van der Waals surface area contributed by atoms with Gasteiger partial charge in [-0.25, -0.2) is 15.0 Å². The molecule has 766 valence electrons. The zero-order valence-electron chi connectivity index (χ0n) is 93.4. The number of nitrogens with zero attached hydrogens (tertiary/aromatic N) is 14. The van der Waals surface area contributed by atoms with Crippen LogP contribution >= 0.6 is 11.3 Å². The van der Waals surface area contributed by atoms with E-state index in [0.717, 1.165) is 69.3 Å². The van der Waals surface area contributed by atoms with E-state index in [1.54, 1.807) is 32.4 Å². The molecular weight excluding hydrogens is 1840 g/mol. The average molecular weight is 1990 g/mol. The Kier molecular flexibility index (Phi) is 52.1. The first-order valence-corrected chi connectivity index (χ1v) is 51.6. The second-order valence-corrected chi connectivity index (χ2v) is 37.9. The lowest BCUT2D eigenvalue weighted by Crippen LogP contribution is -1.97. The van der Waals surface area contributed by atoms with Crippen molar-refractivity contribution >= 4 is 43.7 Å². The summed E-state index contributed by atoms with van der Waals surface area (Å²) in [6.07, 6.45) is 11.8. The Bertz CT molecular complexity index is 6470. The Morgan fingerprint density at radius 1 is 0.188 bits per heavy atom. The van der Waals surface area contributed by atoms with E-state index >= 15 is 0 Å². The number of rotatable bonds is 3. The van der Waals surface area contributed by atoms with Crippen molar-refractivity contribution in [3.63, 3.8) is 0 Å². The van der Waals surface area contributed by atoms with Crippen molar-refractivity contribution in [1.29, 1.82) is 0 Å². The van der Waals surface area contributed by atoms with Crippen LogP contribution in [0.25, 0.3) is 76.8 Å². The molecule has 0 saturated carbocycles. The molecule has 8 aromatic heterocycles. The molecule has 8 heterocycles. The number of thiophene rings is 1. The molecule has 149 heavy (non-hydrogen) atoms. The van der Waals surface area contributed by atoms with Crippen LogP contribution < -0.4 is 0 Å².